The number of aryl methyl sites for hydroxylation is 1. The molecule has 1 N–H and O–H groups in total. The Kier molecular flexibility index (Phi) is 4.32. The molecule has 3 nitrogen and oxygen atoms in total. The van der Waals surface area contributed by atoms with Gasteiger partial charge in [-0.15, -0.1) is 0 Å². The van der Waals surface area contributed by atoms with E-state index in [1.165, 1.54) is 12.1 Å². The van der Waals surface area contributed by atoms with Crippen LogP contribution in [0, 0.1) is 6.92 Å². The Hall–Kier alpha value is -1.89. The number of rotatable bonds is 2. The van der Waals surface area contributed by atoms with Gasteiger partial charge in [0.2, 0.25) is 0 Å². The van der Waals surface area contributed by atoms with Crippen molar-refractivity contribution in [2.75, 3.05) is 5.32 Å². The molecular formula is C14H10BrF3N2O. The van der Waals surface area contributed by atoms with Gasteiger partial charge in [0.15, 0.2) is 0 Å². The number of carbonyl (C=O) groups excluding carboxylic acids is 1. The van der Waals surface area contributed by atoms with Crippen LogP contribution in [0.2, 0.25) is 0 Å². The third-order valence-corrected chi connectivity index (χ3v) is 3.15. The summed E-state index contributed by atoms with van der Waals surface area (Å²) in [5.74, 6) is -0.658. The van der Waals surface area contributed by atoms with E-state index in [0.717, 1.165) is 12.1 Å². The van der Waals surface area contributed by atoms with E-state index in [4.69, 9.17) is 0 Å². The van der Waals surface area contributed by atoms with Crippen LogP contribution in [-0.4, -0.2) is 10.9 Å². The highest BCUT2D eigenvalue weighted by molar-refractivity contribution is 9.10. The second-order valence-electron chi connectivity index (χ2n) is 4.31. The fraction of sp³-hybridized carbons (Fsp3) is 0.143. The summed E-state index contributed by atoms with van der Waals surface area (Å²) in [5, 5.41) is 2.37. The second-order valence-corrected chi connectivity index (χ2v) is 5.22. The summed E-state index contributed by atoms with van der Waals surface area (Å²) in [4.78, 5) is 16.1. The zero-order valence-electron chi connectivity index (χ0n) is 10.8. The van der Waals surface area contributed by atoms with Gasteiger partial charge >= 0.3 is 6.18 Å². The first-order valence-corrected chi connectivity index (χ1v) is 6.68. The number of carbonyl (C=O) groups is 1. The summed E-state index contributed by atoms with van der Waals surface area (Å²) in [6.45, 7) is 1.72. The fourth-order valence-corrected chi connectivity index (χ4v) is 2.11. The lowest BCUT2D eigenvalue weighted by Gasteiger charge is -2.13. The van der Waals surface area contributed by atoms with Gasteiger partial charge < -0.3 is 5.32 Å². The topological polar surface area (TPSA) is 42.0 Å². The molecule has 0 saturated heterocycles. The largest absolute Gasteiger partial charge is 0.417 e. The molecule has 0 spiro atoms. The molecule has 0 aliphatic heterocycles. The Morgan fingerprint density at radius 1 is 1.24 bits per heavy atom. The van der Waals surface area contributed by atoms with E-state index in [0.29, 0.717) is 10.2 Å². The molecule has 2 rings (SSSR count). The summed E-state index contributed by atoms with van der Waals surface area (Å²) in [6.07, 6.45) is -4.60. The molecule has 0 fully saturated rings. The van der Waals surface area contributed by atoms with Crippen molar-refractivity contribution >= 4 is 27.7 Å². The third kappa shape index (κ3) is 3.81. The maximum atomic E-state index is 12.9. The van der Waals surface area contributed by atoms with Crippen LogP contribution in [0.1, 0.15) is 21.6 Å². The van der Waals surface area contributed by atoms with E-state index in [1.54, 1.807) is 19.1 Å². The van der Waals surface area contributed by atoms with Crippen molar-refractivity contribution in [3.63, 3.8) is 0 Å². The van der Waals surface area contributed by atoms with Crippen LogP contribution in [0.4, 0.5) is 19.0 Å². The number of nitrogens with zero attached hydrogens (tertiary/aromatic N) is 1. The zero-order valence-corrected chi connectivity index (χ0v) is 12.4. The number of amides is 1. The highest BCUT2D eigenvalue weighted by Gasteiger charge is 2.35. The number of alkyl halides is 3. The van der Waals surface area contributed by atoms with E-state index in [1.807, 2.05) is 0 Å². The Labute approximate surface area is 127 Å². The minimum Gasteiger partial charge on any atom is -0.307 e. The molecule has 1 heterocycles. The second kappa shape index (κ2) is 5.85. The van der Waals surface area contributed by atoms with Crippen LogP contribution < -0.4 is 5.32 Å². The predicted molar refractivity (Wildman–Crippen MR) is 76.1 cm³/mol. The Balaban J connectivity index is 2.37. The minimum absolute atomic E-state index is 0.202. The molecule has 0 saturated carbocycles. The van der Waals surface area contributed by atoms with Gasteiger partial charge in [0, 0.05) is 10.2 Å². The monoisotopic (exact) mass is 358 g/mol. The molecule has 110 valence electrons. The van der Waals surface area contributed by atoms with Gasteiger partial charge in [-0.3, -0.25) is 4.79 Å². The molecular weight excluding hydrogens is 349 g/mol. The maximum Gasteiger partial charge on any atom is 0.417 e. The third-order valence-electron chi connectivity index (χ3n) is 2.66. The molecule has 0 aliphatic rings. The molecule has 1 aromatic carbocycles. The highest BCUT2D eigenvalue weighted by Crippen LogP contribution is 2.33. The summed E-state index contributed by atoms with van der Waals surface area (Å²) < 4.78 is 39.2. The van der Waals surface area contributed by atoms with Crippen molar-refractivity contribution in [2.24, 2.45) is 0 Å². The molecule has 0 aliphatic carbocycles. The first-order valence-electron chi connectivity index (χ1n) is 5.89. The molecule has 7 heteroatoms. The number of hydrogen-bond donors (Lipinski definition) is 1. The number of pyridine rings is 1. The lowest BCUT2D eigenvalue weighted by atomic mass is 10.1. The molecule has 0 radical (unpaired) electrons. The molecule has 1 aromatic heterocycles. The Morgan fingerprint density at radius 2 is 1.95 bits per heavy atom. The van der Waals surface area contributed by atoms with Gasteiger partial charge in [-0.05, 0) is 37.3 Å². The van der Waals surface area contributed by atoms with Gasteiger partial charge in [0.05, 0.1) is 11.1 Å². The van der Waals surface area contributed by atoms with Gasteiger partial charge in [0.1, 0.15) is 5.82 Å². The smallest absolute Gasteiger partial charge is 0.307 e. The predicted octanol–water partition coefficient (Wildman–Crippen LogP) is 4.42. The van der Waals surface area contributed by atoms with E-state index >= 15 is 0 Å². The van der Waals surface area contributed by atoms with Gasteiger partial charge in [-0.2, -0.15) is 13.2 Å². The van der Waals surface area contributed by atoms with E-state index < -0.39 is 23.2 Å². The first kappa shape index (κ1) is 15.5. The number of anilines is 1. The maximum absolute atomic E-state index is 12.9. The van der Waals surface area contributed by atoms with Crippen molar-refractivity contribution in [3.8, 4) is 0 Å². The van der Waals surface area contributed by atoms with Crippen LogP contribution in [0.5, 0.6) is 0 Å². The average Bonchev–Trinajstić information content (AvgIpc) is 2.37. The van der Waals surface area contributed by atoms with Crippen LogP contribution in [0.3, 0.4) is 0 Å². The van der Waals surface area contributed by atoms with E-state index in [9.17, 15) is 18.0 Å². The van der Waals surface area contributed by atoms with Crippen molar-refractivity contribution in [1.82, 2.24) is 4.98 Å². The lowest BCUT2D eigenvalue weighted by Crippen LogP contribution is -2.19. The molecule has 0 bridgehead atoms. The molecule has 1 amide bonds. The summed E-state index contributed by atoms with van der Waals surface area (Å²) in [7, 11) is 0. The lowest BCUT2D eigenvalue weighted by molar-refractivity contribution is -0.137. The highest BCUT2D eigenvalue weighted by atomic mass is 79.9. The normalized spacial score (nSPS) is 11.3. The van der Waals surface area contributed by atoms with Crippen molar-refractivity contribution < 1.29 is 18.0 Å². The van der Waals surface area contributed by atoms with Gasteiger partial charge in [0.25, 0.3) is 5.91 Å². The Bertz CT molecular complexity index is 686. The van der Waals surface area contributed by atoms with Gasteiger partial charge in [-0.1, -0.05) is 22.0 Å². The first-order chi connectivity index (χ1) is 9.77. The van der Waals surface area contributed by atoms with E-state index in [-0.39, 0.29) is 5.82 Å². The summed E-state index contributed by atoms with van der Waals surface area (Å²) in [6, 6.07) is 8.12. The van der Waals surface area contributed by atoms with Crippen molar-refractivity contribution in [2.45, 2.75) is 13.1 Å². The molecule has 21 heavy (non-hydrogen) atoms. The van der Waals surface area contributed by atoms with Crippen molar-refractivity contribution in [3.05, 3.63) is 57.7 Å². The molecule has 0 unspecified atom stereocenters. The Morgan fingerprint density at radius 3 is 2.57 bits per heavy atom. The fourth-order valence-electron chi connectivity index (χ4n) is 1.75. The average molecular weight is 359 g/mol. The van der Waals surface area contributed by atoms with Crippen LogP contribution >= 0.6 is 15.9 Å². The number of hydrogen-bond acceptors (Lipinski definition) is 2. The number of halogens is 4. The zero-order chi connectivity index (χ0) is 15.6. The standard InChI is InChI=1S/C14H10BrF3N2O/c1-8-3-2-4-12(19-8)20-13(21)10-7-9(15)5-6-11(10)14(16,17)18/h2-7H,1H3,(H,19,20,21). The van der Waals surface area contributed by atoms with Crippen LogP contribution in [0.15, 0.2) is 40.9 Å². The summed E-state index contributed by atoms with van der Waals surface area (Å²) >= 11 is 3.07. The SMILES string of the molecule is Cc1cccc(NC(=O)c2cc(Br)ccc2C(F)(F)F)n1. The van der Waals surface area contributed by atoms with Crippen LogP contribution in [-0.2, 0) is 6.18 Å². The van der Waals surface area contributed by atoms with Crippen molar-refractivity contribution in [1.29, 1.82) is 0 Å². The quantitative estimate of drug-likeness (QED) is 0.862. The molecule has 2 aromatic rings. The van der Waals surface area contributed by atoms with Crippen LogP contribution in [0.25, 0.3) is 0 Å². The van der Waals surface area contributed by atoms with Gasteiger partial charge in [-0.25, -0.2) is 4.98 Å². The minimum atomic E-state index is -4.60. The molecule has 0 atom stereocenters. The van der Waals surface area contributed by atoms with E-state index in [2.05, 4.69) is 26.2 Å². The number of benzene rings is 1. The number of nitrogens with one attached hydrogen (secondary N) is 1. The number of aromatic nitrogens is 1. The summed E-state index contributed by atoms with van der Waals surface area (Å²) in [5.41, 5.74) is -0.797.